The molecule has 0 saturated heterocycles. The molecule has 0 unspecified atom stereocenters. The maximum atomic E-state index is 12.3. The zero-order valence-corrected chi connectivity index (χ0v) is 15.1. The number of rotatable bonds is 7. The zero-order valence-electron chi connectivity index (χ0n) is 11.2. The van der Waals surface area contributed by atoms with Crippen LogP contribution in [0.2, 0.25) is 0 Å². The Morgan fingerprint density at radius 3 is 2.32 bits per heavy atom. The van der Waals surface area contributed by atoms with Crippen molar-refractivity contribution in [2.24, 2.45) is 12.5 Å². The molecule has 9 heteroatoms. The summed E-state index contributed by atoms with van der Waals surface area (Å²) in [7, 11) is -2.08. The summed E-state index contributed by atoms with van der Waals surface area (Å²) in [5.74, 6) is 0. The average Bonchev–Trinajstić information content (AvgIpc) is 2.72. The molecular weight excluding hydrogens is 400 g/mol. The van der Waals surface area contributed by atoms with Crippen LogP contribution >= 0.6 is 31.9 Å². The van der Waals surface area contributed by atoms with Crippen LogP contribution in [0.4, 0.5) is 0 Å². The Kier molecular flexibility index (Phi) is 5.96. The van der Waals surface area contributed by atoms with Gasteiger partial charge in [0.05, 0.1) is 0 Å². The van der Waals surface area contributed by atoms with Crippen molar-refractivity contribution in [3.05, 3.63) is 4.60 Å². The van der Waals surface area contributed by atoms with Crippen LogP contribution in [0.3, 0.4) is 0 Å². The van der Waals surface area contributed by atoms with E-state index in [9.17, 15) is 8.42 Å². The van der Waals surface area contributed by atoms with E-state index >= 15 is 0 Å². The molecular formula is C10H18Br2N4O2S. The molecule has 0 spiro atoms. The Bertz CT molecular complexity index is 498. The van der Waals surface area contributed by atoms with Crippen LogP contribution < -0.4 is 4.72 Å². The van der Waals surface area contributed by atoms with Gasteiger partial charge in [-0.2, -0.15) is 0 Å². The fourth-order valence-electron chi connectivity index (χ4n) is 1.66. The van der Waals surface area contributed by atoms with Crippen molar-refractivity contribution >= 4 is 41.9 Å². The number of nitrogens with one attached hydrogen (secondary N) is 1. The lowest BCUT2D eigenvalue weighted by Crippen LogP contribution is -2.38. The second-order valence-corrected chi connectivity index (χ2v) is 7.47. The molecule has 0 bridgehead atoms. The predicted molar refractivity (Wildman–Crippen MR) is 80.7 cm³/mol. The van der Waals surface area contributed by atoms with Crippen molar-refractivity contribution in [1.82, 2.24) is 19.7 Å². The zero-order chi connectivity index (χ0) is 14.7. The molecule has 1 aromatic heterocycles. The number of hydrogen-bond acceptors (Lipinski definition) is 4. The highest BCUT2D eigenvalue weighted by Gasteiger charge is 2.30. The Labute approximate surface area is 130 Å². The van der Waals surface area contributed by atoms with Gasteiger partial charge in [-0.05, 0) is 34.2 Å². The van der Waals surface area contributed by atoms with E-state index < -0.39 is 10.0 Å². The van der Waals surface area contributed by atoms with Crippen molar-refractivity contribution < 1.29 is 8.42 Å². The molecule has 1 aromatic rings. The average molecular weight is 418 g/mol. The Morgan fingerprint density at radius 2 is 1.95 bits per heavy atom. The summed E-state index contributed by atoms with van der Waals surface area (Å²) >= 11 is 6.57. The minimum atomic E-state index is -3.62. The fourth-order valence-corrected chi connectivity index (χ4v) is 4.90. The Hall–Kier alpha value is 0.0100. The van der Waals surface area contributed by atoms with Crippen LogP contribution in [0.15, 0.2) is 9.63 Å². The molecule has 0 atom stereocenters. The van der Waals surface area contributed by atoms with Crippen LogP contribution in [0.25, 0.3) is 0 Å². The van der Waals surface area contributed by atoms with E-state index in [1.807, 2.05) is 0 Å². The van der Waals surface area contributed by atoms with Crippen molar-refractivity contribution in [3.8, 4) is 0 Å². The molecule has 0 aliphatic rings. The highest BCUT2D eigenvalue weighted by molar-refractivity contribution is 9.10. The van der Waals surface area contributed by atoms with Gasteiger partial charge in [0, 0.05) is 18.9 Å². The number of nitrogens with zero attached hydrogens (tertiary/aromatic N) is 3. The first-order valence-electron chi connectivity index (χ1n) is 5.92. The second kappa shape index (κ2) is 6.64. The molecule has 0 radical (unpaired) electrons. The molecule has 0 fully saturated rings. The molecule has 0 aromatic carbocycles. The predicted octanol–water partition coefficient (Wildman–Crippen LogP) is 2.06. The third-order valence-electron chi connectivity index (χ3n) is 3.41. The molecule has 19 heavy (non-hydrogen) atoms. The maximum Gasteiger partial charge on any atom is 0.260 e. The Balaban J connectivity index is 2.93. The van der Waals surface area contributed by atoms with Gasteiger partial charge in [0.15, 0.2) is 4.60 Å². The van der Waals surface area contributed by atoms with Gasteiger partial charge < -0.3 is 0 Å². The van der Waals surface area contributed by atoms with Gasteiger partial charge in [-0.25, -0.2) is 17.8 Å². The normalized spacial score (nSPS) is 12.9. The first kappa shape index (κ1) is 17.1. The van der Waals surface area contributed by atoms with Crippen LogP contribution in [-0.2, 0) is 17.1 Å². The van der Waals surface area contributed by atoms with Crippen molar-refractivity contribution in [2.75, 3.05) is 11.9 Å². The van der Waals surface area contributed by atoms with E-state index in [0.717, 1.165) is 18.2 Å². The molecule has 0 amide bonds. The van der Waals surface area contributed by atoms with E-state index in [2.05, 4.69) is 60.7 Å². The monoisotopic (exact) mass is 416 g/mol. The van der Waals surface area contributed by atoms with Crippen molar-refractivity contribution in [1.29, 1.82) is 0 Å². The third kappa shape index (κ3) is 3.77. The summed E-state index contributed by atoms with van der Waals surface area (Å²) in [5, 5.41) is 8.16. The van der Waals surface area contributed by atoms with Gasteiger partial charge in [-0.3, -0.25) is 0 Å². The minimum absolute atomic E-state index is 0.0446. The van der Waals surface area contributed by atoms with E-state index in [1.165, 1.54) is 4.68 Å². The highest BCUT2D eigenvalue weighted by atomic mass is 79.9. The molecule has 0 aliphatic heterocycles. The molecule has 0 saturated carbocycles. The minimum Gasteiger partial charge on any atom is -0.235 e. The van der Waals surface area contributed by atoms with Gasteiger partial charge in [0.2, 0.25) is 5.03 Å². The first-order valence-corrected chi connectivity index (χ1v) is 9.32. The first-order chi connectivity index (χ1) is 8.82. The molecule has 1 rings (SSSR count). The van der Waals surface area contributed by atoms with E-state index in [0.29, 0.717) is 6.54 Å². The fraction of sp³-hybridized carbons (Fsp3) is 0.800. The van der Waals surface area contributed by atoms with Crippen LogP contribution in [0.5, 0.6) is 0 Å². The summed E-state index contributed by atoms with van der Waals surface area (Å²) in [5.41, 5.74) is -0.0778. The van der Waals surface area contributed by atoms with Gasteiger partial charge in [0.25, 0.3) is 10.0 Å². The standard InChI is InChI=1S/C10H18Br2N4O2S/c1-4-10(5-2,6-11)7-13-19(17,18)9-8(12)14-15-16(9)3/h13H,4-7H2,1-3H3. The van der Waals surface area contributed by atoms with E-state index in [4.69, 9.17) is 0 Å². The summed E-state index contributed by atoms with van der Waals surface area (Å²) in [6.45, 7) is 4.49. The lowest BCUT2D eigenvalue weighted by Gasteiger charge is -2.29. The molecule has 1 heterocycles. The van der Waals surface area contributed by atoms with Crippen LogP contribution in [0, 0.1) is 5.41 Å². The Morgan fingerprint density at radius 1 is 1.37 bits per heavy atom. The van der Waals surface area contributed by atoms with Gasteiger partial charge >= 0.3 is 0 Å². The van der Waals surface area contributed by atoms with Gasteiger partial charge in [0.1, 0.15) is 0 Å². The summed E-state index contributed by atoms with van der Waals surface area (Å²) < 4.78 is 28.7. The molecule has 1 N–H and O–H groups in total. The second-order valence-electron chi connectivity index (χ2n) is 4.47. The maximum absolute atomic E-state index is 12.3. The van der Waals surface area contributed by atoms with Crippen molar-refractivity contribution in [3.63, 3.8) is 0 Å². The molecule has 6 nitrogen and oxygen atoms in total. The number of sulfonamides is 1. The van der Waals surface area contributed by atoms with Gasteiger partial charge in [-0.1, -0.05) is 35.0 Å². The van der Waals surface area contributed by atoms with Gasteiger partial charge in [-0.15, -0.1) is 5.10 Å². The smallest absolute Gasteiger partial charge is 0.235 e. The van der Waals surface area contributed by atoms with Crippen molar-refractivity contribution in [2.45, 2.75) is 31.7 Å². The summed E-state index contributed by atoms with van der Waals surface area (Å²) in [4.78, 5) is 0. The quantitative estimate of drug-likeness (QED) is 0.688. The van der Waals surface area contributed by atoms with E-state index in [1.54, 1.807) is 7.05 Å². The lowest BCUT2D eigenvalue weighted by molar-refractivity contribution is 0.309. The number of aryl methyl sites for hydroxylation is 1. The third-order valence-corrected chi connectivity index (χ3v) is 6.89. The molecule has 0 aliphatic carbocycles. The number of halogens is 2. The topological polar surface area (TPSA) is 76.9 Å². The SMILES string of the molecule is CCC(CC)(CBr)CNS(=O)(=O)c1c(Br)nnn1C. The van der Waals surface area contributed by atoms with E-state index in [-0.39, 0.29) is 15.0 Å². The number of hydrogen-bond donors (Lipinski definition) is 1. The number of alkyl halides is 1. The number of aromatic nitrogens is 3. The molecule has 110 valence electrons. The summed E-state index contributed by atoms with van der Waals surface area (Å²) in [6.07, 6.45) is 1.78. The highest BCUT2D eigenvalue weighted by Crippen LogP contribution is 2.28. The van der Waals surface area contributed by atoms with Crippen LogP contribution in [-0.4, -0.2) is 35.3 Å². The van der Waals surface area contributed by atoms with Crippen LogP contribution in [0.1, 0.15) is 26.7 Å². The lowest BCUT2D eigenvalue weighted by atomic mass is 9.85. The summed E-state index contributed by atoms with van der Waals surface area (Å²) in [6, 6.07) is 0. The largest absolute Gasteiger partial charge is 0.260 e.